The normalized spacial score (nSPS) is 15.9. The molecule has 2 heterocycles. The molecule has 1 aromatic rings. The standard InChI is InChI=1S/C15H25N5O2/c1-12-17-13(15(21)16-5-4-10-22-3)11-14(18-12)20-8-6-19(2)7-9-20/h11H,4-10H2,1-3H3,(H,16,21). The Morgan fingerprint density at radius 2 is 2.05 bits per heavy atom. The number of ether oxygens (including phenoxy) is 1. The summed E-state index contributed by atoms with van der Waals surface area (Å²) in [4.78, 5) is 25.4. The molecule has 1 aliphatic heterocycles. The number of carbonyl (C=O) groups excluding carboxylic acids is 1. The molecule has 0 radical (unpaired) electrons. The SMILES string of the molecule is COCCCNC(=O)c1cc(N2CCN(C)CC2)nc(C)n1. The number of aryl methyl sites for hydroxylation is 1. The van der Waals surface area contributed by atoms with Crippen LogP contribution in [0.1, 0.15) is 22.7 Å². The third-order valence-corrected chi connectivity index (χ3v) is 3.70. The highest BCUT2D eigenvalue weighted by Gasteiger charge is 2.18. The van der Waals surface area contributed by atoms with Crippen LogP contribution in [0.3, 0.4) is 0 Å². The highest BCUT2D eigenvalue weighted by molar-refractivity contribution is 5.92. The van der Waals surface area contributed by atoms with Gasteiger partial charge in [-0.3, -0.25) is 4.79 Å². The first kappa shape index (κ1) is 16.6. The van der Waals surface area contributed by atoms with Crippen LogP contribution >= 0.6 is 0 Å². The Bertz CT molecular complexity index is 501. The molecular formula is C15H25N5O2. The molecular weight excluding hydrogens is 282 g/mol. The molecule has 1 aromatic heterocycles. The van der Waals surface area contributed by atoms with Crippen LogP contribution < -0.4 is 10.2 Å². The van der Waals surface area contributed by atoms with Crippen molar-refractivity contribution < 1.29 is 9.53 Å². The lowest BCUT2D eigenvalue weighted by Crippen LogP contribution is -2.45. The largest absolute Gasteiger partial charge is 0.385 e. The fraction of sp³-hybridized carbons (Fsp3) is 0.667. The van der Waals surface area contributed by atoms with Crippen LogP contribution in [-0.4, -0.2) is 74.3 Å². The number of aromatic nitrogens is 2. The highest BCUT2D eigenvalue weighted by atomic mass is 16.5. The number of carbonyl (C=O) groups is 1. The monoisotopic (exact) mass is 307 g/mol. The molecule has 0 saturated carbocycles. The summed E-state index contributed by atoms with van der Waals surface area (Å²) in [5, 5.41) is 2.86. The summed E-state index contributed by atoms with van der Waals surface area (Å²) in [7, 11) is 3.76. The van der Waals surface area contributed by atoms with Crippen molar-refractivity contribution in [2.24, 2.45) is 0 Å². The summed E-state index contributed by atoms with van der Waals surface area (Å²) >= 11 is 0. The summed E-state index contributed by atoms with van der Waals surface area (Å²) in [6.45, 7) is 6.88. The van der Waals surface area contributed by atoms with E-state index < -0.39 is 0 Å². The van der Waals surface area contributed by atoms with Gasteiger partial charge in [-0.25, -0.2) is 9.97 Å². The van der Waals surface area contributed by atoms with E-state index in [0.29, 0.717) is 24.7 Å². The first-order chi connectivity index (χ1) is 10.6. The Balaban J connectivity index is 2.01. The summed E-state index contributed by atoms with van der Waals surface area (Å²) in [5.74, 6) is 1.30. The van der Waals surface area contributed by atoms with E-state index in [0.717, 1.165) is 38.4 Å². The molecule has 1 aliphatic rings. The zero-order valence-corrected chi connectivity index (χ0v) is 13.6. The average Bonchev–Trinajstić information content (AvgIpc) is 2.51. The molecule has 2 rings (SSSR count). The van der Waals surface area contributed by atoms with Gasteiger partial charge in [0.15, 0.2) is 0 Å². The number of anilines is 1. The number of nitrogens with one attached hydrogen (secondary N) is 1. The second-order valence-corrected chi connectivity index (χ2v) is 5.55. The Hall–Kier alpha value is -1.73. The first-order valence-electron chi connectivity index (χ1n) is 7.66. The number of methoxy groups -OCH3 is 1. The predicted molar refractivity (Wildman–Crippen MR) is 85.3 cm³/mol. The number of rotatable bonds is 6. The second-order valence-electron chi connectivity index (χ2n) is 5.55. The topological polar surface area (TPSA) is 70.6 Å². The lowest BCUT2D eigenvalue weighted by molar-refractivity contribution is 0.0943. The molecule has 7 heteroatoms. The first-order valence-corrected chi connectivity index (χ1v) is 7.66. The molecule has 1 N–H and O–H groups in total. The van der Waals surface area contributed by atoms with Crippen LogP contribution in [0.15, 0.2) is 6.07 Å². The molecule has 0 aromatic carbocycles. The minimum Gasteiger partial charge on any atom is -0.385 e. The van der Waals surface area contributed by atoms with Gasteiger partial charge < -0.3 is 19.9 Å². The Morgan fingerprint density at radius 3 is 2.73 bits per heavy atom. The van der Waals surface area contributed by atoms with Gasteiger partial charge in [0.25, 0.3) is 5.91 Å². The zero-order chi connectivity index (χ0) is 15.9. The predicted octanol–water partition coefficient (Wildman–Crippen LogP) is 0.303. The van der Waals surface area contributed by atoms with Crippen LogP contribution in [0.25, 0.3) is 0 Å². The van der Waals surface area contributed by atoms with Gasteiger partial charge in [0.05, 0.1) is 0 Å². The molecule has 1 saturated heterocycles. The van der Waals surface area contributed by atoms with Gasteiger partial charge in [0.1, 0.15) is 17.3 Å². The number of hydrogen-bond acceptors (Lipinski definition) is 6. The zero-order valence-electron chi connectivity index (χ0n) is 13.6. The van der Waals surface area contributed by atoms with Crippen LogP contribution in [-0.2, 0) is 4.74 Å². The van der Waals surface area contributed by atoms with Crippen LogP contribution in [0.2, 0.25) is 0 Å². The minimum atomic E-state index is -0.156. The van der Waals surface area contributed by atoms with E-state index in [1.54, 1.807) is 13.2 Å². The minimum absolute atomic E-state index is 0.156. The van der Waals surface area contributed by atoms with Crippen molar-refractivity contribution in [3.63, 3.8) is 0 Å². The van der Waals surface area contributed by atoms with E-state index in [1.165, 1.54) is 0 Å². The van der Waals surface area contributed by atoms with E-state index >= 15 is 0 Å². The van der Waals surface area contributed by atoms with Crippen LogP contribution in [0.5, 0.6) is 0 Å². The average molecular weight is 307 g/mol. The van der Waals surface area contributed by atoms with Gasteiger partial charge in [-0.05, 0) is 20.4 Å². The molecule has 0 aliphatic carbocycles. The molecule has 0 bridgehead atoms. The Morgan fingerprint density at radius 1 is 1.32 bits per heavy atom. The number of amides is 1. The van der Waals surface area contributed by atoms with Gasteiger partial charge in [-0.15, -0.1) is 0 Å². The Labute approximate surface area is 131 Å². The van der Waals surface area contributed by atoms with E-state index in [4.69, 9.17) is 4.74 Å². The summed E-state index contributed by atoms with van der Waals surface area (Å²) < 4.78 is 4.97. The van der Waals surface area contributed by atoms with Crippen molar-refractivity contribution in [1.29, 1.82) is 0 Å². The molecule has 7 nitrogen and oxygen atoms in total. The van der Waals surface area contributed by atoms with Crippen molar-refractivity contribution in [3.05, 3.63) is 17.6 Å². The van der Waals surface area contributed by atoms with Gasteiger partial charge >= 0.3 is 0 Å². The number of nitrogens with zero attached hydrogens (tertiary/aromatic N) is 4. The fourth-order valence-corrected chi connectivity index (χ4v) is 2.37. The summed E-state index contributed by atoms with van der Waals surface area (Å²) in [6.07, 6.45) is 0.789. The van der Waals surface area contributed by atoms with Crippen molar-refractivity contribution in [1.82, 2.24) is 20.2 Å². The molecule has 1 fully saturated rings. The number of piperazine rings is 1. The lowest BCUT2D eigenvalue weighted by Gasteiger charge is -2.33. The summed E-state index contributed by atoms with van der Waals surface area (Å²) in [5.41, 5.74) is 0.429. The maximum absolute atomic E-state index is 12.2. The molecule has 0 unspecified atom stereocenters. The quantitative estimate of drug-likeness (QED) is 0.763. The van der Waals surface area contributed by atoms with Gasteiger partial charge in [0.2, 0.25) is 0 Å². The summed E-state index contributed by atoms with van der Waals surface area (Å²) in [6, 6.07) is 1.78. The molecule has 0 atom stereocenters. The van der Waals surface area contributed by atoms with Crippen LogP contribution in [0, 0.1) is 6.92 Å². The molecule has 122 valence electrons. The Kier molecular flexibility index (Phi) is 6.09. The van der Waals surface area contributed by atoms with Crippen LogP contribution in [0.4, 0.5) is 5.82 Å². The fourth-order valence-electron chi connectivity index (χ4n) is 2.37. The lowest BCUT2D eigenvalue weighted by atomic mass is 10.3. The number of hydrogen-bond donors (Lipinski definition) is 1. The maximum atomic E-state index is 12.2. The van der Waals surface area contributed by atoms with Crippen molar-refractivity contribution in [2.75, 3.05) is 58.4 Å². The second kappa shape index (κ2) is 8.05. The van der Waals surface area contributed by atoms with E-state index in [9.17, 15) is 4.79 Å². The molecule has 1 amide bonds. The van der Waals surface area contributed by atoms with Crippen molar-refractivity contribution in [3.8, 4) is 0 Å². The van der Waals surface area contributed by atoms with E-state index in [-0.39, 0.29) is 5.91 Å². The smallest absolute Gasteiger partial charge is 0.270 e. The third-order valence-electron chi connectivity index (χ3n) is 3.70. The van der Waals surface area contributed by atoms with Gasteiger partial charge in [-0.2, -0.15) is 0 Å². The van der Waals surface area contributed by atoms with Crippen molar-refractivity contribution in [2.45, 2.75) is 13.3 Å². The molecule has 22 heavy (non-hydrogen) atoms. The van der Waals surface area contributed by atoms with E-state index in [2.05, 4.69) is 32.1 Å². The third kappa shape index (κ3) is 4.64. The number of likely N-dealkylation sites (N-methyl/N-ethyl adjacent to an activating group) is 1. The maximum Gasteiger partial charge on any atom is 0.270 e. The van der Waals surface area contributed by atoms with E-state index in [1.807, 2.05) is 6.92 Å². The van der Waals surface area contributed by atoms with Gasteiger partial charge in [0, 0.05) is 52.5 Å². The highest BCUT2D eigenvalue weighted by Crippen LogP contribution is 2.14. The van der Waals surface area contributed by atoms with Gasteiger partial charge in [-0.1, -0.05) is 0 Å². The van der Waals surface area contributed by atoms with Crippen molar-refractivity contribution >= 4 is 11.7 Å². The molecule has 0 spiro atoms.